The van der Waals surface area contributed by atoms with E-state index in [-0.39, 0.29) is 17.6 Å². The van der Waals surface area contributed by atoms with Crippen LogP contribution in [-0.2, 0) is 6.61 Å². The molecule has 7 heteroatoms. The van der Waals surface area contributed by atoms with E-state index in [4.69, 9.17) is 33.3 Å². The van der Waals surface area contributed by atoms with E-state index >= 15 is 0 Å². The van der Waals surface area contributed by atoms with Gasteiger partial charge in [0.1, 0.15) is 18.1 Å². The number of methoxy groups -OCH3 is 1. The topological polar surface area (TPSA) is 59.6 Å². The molecule has 148 valence electrons. The number of carbonyl (C=O) groups excluding carboxylic acids is 1. The maximum Gasteiger partial charge on any atom is 0.257 e. The van der Waals surface area contributed by atoms with Gasteiger partial charge < -0.3 is 14.8 Å². The Morgan fingerprint density at radius 2 is 1.69 bits per heavy atom. The van der Waals surface area contributed by atoms with Crippen molar-refractivity contribution in [2.24, 2.45) is 0 Å². The molecule has 0 saturated heterocycles. The van der Waals surface area contributed by atoms with E-state index in [0.717, 1.165) is 5.56 Å². The molecule has 0 spiro atoms. The summed E-state index contributed by atoms with van der Waals surface area (Å²) in [5, 5.41) is 6.48. The average molecular weight is 427 g/mol. The number of para-hydroxylation sites is 2. The molecule has 0 aromatic heterocycles. The van der Waals surface area contributed by atoms with Crippen molar-refractivity contribution in [3.8, 4) is 11.5 Å². The molecule has 0 bridgehead atoms. The Balaban J connectivity index is 1.66. The minimum atomic E-state index is -0.326. The number of ether oxygens (including phenoxy) is 2. The highest BCUT2D eigenvalue weighted by Gasteiger charge is 2.14. The molecule has 0 saturated carbocycles. The number of nitrogens with one attached hydrogen (secondary N) is 2. The first kappa shape index (κ1) is 20.6. The number of rotatable bonds is 6. The number of anilines is 1. The van der Waals surface area contributed by atoms with Gasteiger partial charge in [0.2, 0.25) is 0 Å². The number of hydrogen-bond acceptors (Lipinski definition) is 4. The molecule has 3 aromatic carbocycles. The third-order valence-electron chi connectivity index (χ3n) is 4.05. The zero-order chi connectivity index (χ0) is 20.6. The summed E-state index contributed by atoms with van der Waals surface area (Å²) in [5.74, 6) is 0.964. The molecule has 0 radical (unpaired) electrons. The van der Waals surface area contributed by atoms with Crippen LogP contribution in [0.25, 0.3) is 0 Å². The molecule has 29 heavy (non-hydrogen) atoms. The lowest BCUT2D eigenvalue weighted by atomic mass is 10.1. The summed E-state index contributed by atoms with van der Waals surface area (Å²) < 4.78 is 11.0. The fourth-order valence-corrected chi connectivity index (χ4v) is 2.96. The summed E-state index contributed by atoms with van der Waals surface area (Å²) in [6, 6.07) is 21.6. The largest absolute Gasteiger partial charge is 0.495 e. The summed E-state index contributed by atoms with van der Waals surface area (Å²) in [5.41, 5.74) is 1.88. The standard InChI is InChI=1S/C22H19ClN2O3S/c1-27-20-9-5-4-8-19(20)24-22(29)25-21(26)18-7-3-2-6-15(18)14-28-17-12-10-16(23)11-13-17/h2-13H,14H2,1H3,(H2,24,25,26,29). The third-order valence-corrected chi connectivity index (χ3v) is 4.51. The summed E-state index contributed by atoms with van der Waals surface area (Å²) >= 11 is 11.2. The highest BCUT2D eigenvalue weighted by Crippen LogP contribution is 2.23. The van der Waals surface area contributed by atoms with Crippen LogP contribution >= 0.6 is 23.8 Å². The molecule has 0 aliphatic rings. The summed E-state index contributed by atoms with van der Waals surface area (Å²) in [6.45, 7) is 0.234. The lowest BCUT2D eigenvalue weighted by Gasteiger charge is -2.14. The highest BCUT2D eigenvalue weighted by atomic mass is 35.5. The van der Waals surface area contributed by atoms with Crippen LogP contribution in [-0.4, -0.2) is 18.1 Å². The quantitative estimate of drug-likeness (QED) is 0.540. The smallest absolute Gasteiger partial charge is 0.257 e. The van der Waals surface area contributed by atoms with E-state index in [9.17, 15) is 4.79 Å². The Labute approximate surface area is 179 Å². The first-order valence-electron chi connectivity index (χ1n) is 8.78. The van der Waals surface area contributed by atoms with E-state index in [1.807, 2.05) is 30.3 Å². The third kappa shape index (κ3) is 5.70. The molecule has 0 unspecified atom stereocenters. The molecule has 5 nitrogen and oxygen atoms in total. The molecule has 0 aliphatic carbocycles. The predicted molar refractivity (Wildman–Crippen MR) is 119 cm³/mol. The van der Waals surface area contributed by atoms with Crippen LogP contribution in [0.5, 0.6) is 11.5 Å². The van der Waals surface area contributed by atoms with Gasteiger partial charge in [0, 0.05) is 16.1 Å². The number of thiocarbonyl (C=S) groups is 1. The molecule has 2 N–H and O–H groups in total. The van der Waals surface area contributed by atoms with Crippen molar-refractivity contribution in [3.05, 3.63) is 88.9 Å². The second kappa shape index (κ2) is 9.91. The van der Waals surface area contributed by atoms with Crippen LogP contribution in [0.3, 0.4) is 0 Å². The lowest BCUT2D eigenvalue weighted by Crippen LogP contribution is -2.34. The van der Waals surface area contributed by atoms with Gasteiger partial charge in [0.25, 0.3) is 5.91 Å². The van der Waals surface area contributed by atoms with Crippen LogP contribution in [0, 0.1) is 0 Å². The van der Waals surface area contributed by atoms with Crippen molar-refractivity contribution >= 4 is 40.5 Å². The normalized spacial score (nSPS) is 10.1. The first-order chi connectivity index (χ1) is 14.1. The van der Waals surface area contributed by atoms with E-state index in [1.54, 1.807) is 49.6 Å². The van der Waals surface area contributed by atoms with Gasteiger partial charge in [-0.2, -0.15) is 0 Å². The Morgan fingerprint density at radius 1 is 1.00 bits per heavy atom. The number of hydrogen-bond donors (Lipinski definition) is 2. The molecule has 0 aliphatic heterocycles. The molecule has 3 rings (SSSR count). The summed E-state index contributed by atoms with van der Waals surface area (Å²) in [7, 11) is 1.57. The first-order valence-corrected chi connectivity index (χ1v) is 9.57. The van der Waals surface area contributed by atoms with Gasteiger partial charge in [-0.05, 0) is 54.7 Å². The van der Waals surface area contributed by atoms with Crippen LogP contribution < -0.4 is 20.1 Å². The average Bonchev–Trinajstić information content (AvgIpc) is 2.74. The van der Waals surface area contributed by atoms with Crippen molar-refractivity contribution < 1.29 is 14.3 Å². The molecular weight excluding hydrogens is 408 g/mol. The van der Waals surface area contributed by atoms with Gasteiger partial charge in [0.15, 0.2) is 5.11 Å². The fourth-order valence-electron chi connectivity index (χ4n) is 2.63. The SMILES string of the molecule is COc1ccccc1NC(=S)NC(=O)c1ccccc1COc1ccc(Cl)cc1. The number of benzene rings is 3. The van der Waals surface area contributed by atoms with E-state index < -0.39 is 0 Å². The van der Waals surface area contributed by atoms with Gasteiger partial charge in [-0.1, -0.05) is 41.9 Å². The fraction of sp³-hybridized carbons (Fsp3) is 0.0909. The molecule has 3 aromatic rings. The molecule has 1 amide bonds. The van der Waals surface area contributed by atoms with Crippen molar-refractivity contribution in [2.75, 3.05) is 12.4 Å². The van der Waals surface area contributed by atoms with Crippen molar-refractivity contribution in [2.45, 2.75) is 6.61 Å². The van der Waals surface area contributed by atoms with Gasteiger partial charge in [-0.3, -0.25) is 10.1 Å². The zero-order valence-corrected chi connectivity index (χ0v) is 17.2. The number of amides is 1. The molecule has 0 fully saturated rings. The molecule has 0 heterocycles. The molecule has 0 atom stereocenters. The van der Waals surface area contributed by atoms with Gasteiger partial charge in [0.05, 0.1) is 12.8 Å². The Bertz CT molecular complexity index is 1010. The van der Waals surface area contributed by atoms with Gasteiger partial charge in [-0.15, -0.1) is 0 Å². The minimum absolute atomic E-state index is 0.174. The minimum Gasteiger partial charge on any atom is -0.495 e. The van der Waals surface area contributed by atoms with E-state index in [2.05, 4.69) is 10.6 Å². The highest BCUT2D eigenvalue weighted by molar-refractivity contribution is 7.80. The van der Waals surface area contributed by atoms with E-state index in [0.29, 0.717) is 27.8 Å². The van der Waals surface area contributed by atoms with Crippen LogP contribution in [0.1, 0.15) is 15.9 Å². The molecular formula is C22H19ClN2O3S. The maximum atomic E-state index is 12.7. The van der Waals surface area contributed by atoms with Crippen molar-refractivity contribution in [1.82, 2.24) is 5.32 Å². The van der Waals surface area contributed by atoms with Crippen molar-refractivity contribution in [3.63, 3.8) is 0 Å². The maximum absolute atomic E-state index is 12.7. The van der Waals surface area contributed by atoms with Crippen LogP contribution in [0.2, 0.25) is 5.02 Å². The zero-order valence-electron chi connectivity index (χ0n) is 15.6. The monoisotopic (exact) mass is 426 g/mol. The Kier molecular flexibility index (Phi) is 7.05. The second-order valence-electron chi connectivity index (χ2n) is 6.01. The lowest BCUT2D eigenvalue weighted by molar-refractivity contribution is 0.0975. The van der Waals surface area contributed by atoms with Crippen LogP contribution in [0.4, 0.5) is 5.69 Å². The Hall–Kier alpha value is -3.09. The predicted octanol–water partition coefficient (Wildman–Crippen LogP) is 5.05. The van der Waals surface area contributed by atoms with Crippen LogP contribution in [0.15, 0.2) is 72.8 Å². The number of halogens is 1. The summed E-state index contributed by atoms with van der Waals surface area (Å²) in [6.07, 6.45) is 0. The summed E-state index contributed by atoms with van der Waals surface area (Å²) in [4.78, 5) is 12.7. The second-order valence-corrected chi connectivity index (χ2v) is 6.85. The Morgan fingerprint density at radius 3 is 2.45 bits per heavy atom. The number of carbonyl (C=O) groups is 1. The van der Waals surface area contributed by atoms with Gasteiger partial charge >= 0.3 is 0 Å². The van der Waals surface area contributed by atoms with Crippen molar-refractivity contribution in [1.29, 1.82) is 0 Å². The van der Waals surface area contributed by atoms with E-state index in [1.165, 1.54) is 0 Å². The van der Waals surface area contributed by atoms with Gasteiger partial charge in [-0.25, -0.2) is 0 Å².